The summed E-state index contributed by atoms with van der Waals surface area (Å²) in [6.45, 7) is -0.275. The SMILES string of the molecule is COc1cc(/C=C2\SC(=O)N(Cc3ccccc3[N+](=O)[O-])C2=O)ccc1Oc1ccc([N+](=O)[O-])cc1[N+](=O)[O-]. The molecule has 15 heteroatoms. The Labute approximate surface area is 222 Å². The van der Waals surface area contributed by atoms with Crippen molar-refractivity contribution in [3.05, 3.63) is 107 Å². The van der Waals surface area contributed by atoms with Crippen LogP contribution in [0.5, 0.6) is 17.2 Å². The Morgan fingerprint density at radius 2 is 1.54 bits per heavy atom. The third-order valence-corrected chi connectivity index (χ3v) is 6.35. The number of thioether (sulfide) groups is 1. The fraction of sp³-hybridized carbons (Fsp3) is 0.0833. The van der Waals surface area contributed by atoms with E-state index in [1.807, 2.05) is 0 Å². The van der Waals surface area contributed by atoms with Crippen LogP contribution in [0.1, 0.15) is 11.1 Å². The molecule has 1 saturated heterocycles. The summed E-state index contributed by atoms with van der Waals surface area (Å²) in [5.74, 6) is -0.719. The van der Waals surface area contributed by atoms with Crippen molar-refractivity contribution in [1.29, 1.82) is 0 Å². The molecule has 198 valence electrons. The van der Waals surface area contributed by atoms with E-state index in [9.17, 15) is 39.9 Å². The average Bonchev–Trinajstić information content (AvgIpc) is 3.16. The molecular formula is C24H16N4O10S. The van der Waals surface area contributed by atoms with Gasteiger partial charge in [0.05, 0.1) is 39.4 Å². The van der Waals surface area contributed by atoms with E-state index in [2.05, 4.69) is 0 Å². The van der Waals surface area contributed by atoms with Crippen molar-refractivity contribution in [2.45, 2.75) is 6.54 Å². The smallest absolute Gasteiger partial charge is 0.318 e. The standard InChI is InChI=1S/C24H16N4O10S/c1-37-21-10-14(6-8-20(21)38-19-9-7-16(26(31)32)12-18(19)28(35)36)11-22-23(29)25(24(30)39-22)13-15-4-2-3-5-17(15)27(33)34/h2-12H,13H2,1H3/b22-11-. The summed E-state index contributed by atoms with van der Waals surface area (Å²) in [6, 6.07) is 13.1. The molecule has 3 aromatic rings. The van der Waals surface area contributed by atoms with E-state index >= 15 is 0 Å². The van der Waals surface area contributed by atoms with Crippen LogP contribution in [0.25, 0.3) is 6.08 Å². The second kappa shape index (κ2) is 11.0. The molecule has 1 aliphatic heterocycles. The Morgan fingerprint density at radius 3 is 2.21 bits per heavy atom. The molecule has 1 aliphatic rings. The molecular weight excluding hydrogens is 536 g/mol. The Bertz CT molecular complexity index is 1570. The summed E-state index contributed by atoms with van der Waals surface area (Å²) in [5, 5.41) is 33.1. The highest BCUT2D eigenvalue weighted by molar-refractivity contribution is 8.18. The number of nitro benzene ring substituents is 3. The van der Waals surface area contributed by atoms with Crippen LogP contribution in [0.2, 0.25) is 0 Å². The zero-order chi connectivity index (χ0) is 28.3. The van der Waals surface area contributed by atoms with Crippen LogP contribution in [0.3, 0.4) is 0 Å². The number of hydrogen-bond acceptors (Lipinski definition) is 11. The van der Waals surface area contributed by atoms with E-state index in [1.165, 1.54) is 49.6 Å². The van der Waals surface area contributed by atoms with Gasteiger partial charge in [-0.2, -0.15) is 0 Å². The van der Waals surface area contributed by atoms with Crippen LogP contribution in [0, 0.1) is 30.3 Å². The van der Waals surface area contributed by atoms with E-state index in [1.54, 1.807) is 6.07 Å². The second-order valence-corrected chi connectivity index (χ2v) is 8.83. The van der Waals surface area contributed by atoms with E-state index in [-0.39, 0.29) is 39.9 Å². The molecule has 14 nitrogen and oxygen atoms in total. The molecule has 0 unspecified atom stereocenters. The fourth-order valence-electron chi connectivity index (χ4n) is 3.61. The normalized spacial score (nSPS) is 14.0. The minimum Gasteiger partial charge on any atom is -0.493 e. The number of nitro groups is 3. The Kier molecular flexibility index (Phi) is 7.53. The van der Waals surface area contributed by atoms with Crippen molar-refractivity contribution in [3.63, 3.8) is 0 Å². The van der Waals surface area contributed by atoms with Crippen LogP contribution in [0.4, 0.5) is 21.9 Å². The van der Waals surface area contributed by atoms with Crippen LogP contribution < -0.4 is 9.47 Å². The van der Waals surface area contributed by atoms with Gasteiger partial charge < -0.3 is 9.47 Å². The molecule has 0 spiro atoms. The highest BCUT2D eigenvalue weighted by atomic mass is 32.2. The van der Waals surface area contributed by atoms with E-state index < -0.39 is 37.3 Å². The van der Waals surface area contributed by atoms with E-state index in [0.29, 0.717) is 17.3 Å². The minimum atomic E-state index is -0.816. The quantitative estimate of drug-likeness (QED) is 0.187. The predicted octanol–water partition coefficient (Wildman–Crippen LogP) is 5.45. The van der Waals surface area contributed by atoms with Gasteiger partial charge in [0.25, 0.3) is 22.5 Å². The van der Waals surface area contributed by atoms with Gasteiger partial charge in [-0.1, -0.05) is 24.3 Å². The lowest BCUT2D eigenvalue weighted by molar-refractivity contribution is -0.394. The van der Waals surface area contributed by atoms with Crippen molar-refractivity contribution in [2.75, 3.05) is 7.11 Å². The molecule has 3 aromatic carbocycles. The third-order valence-electron chi connectivity index (χ3n) is 5.45. The number of non-ortho nitro benzene ring substituents is 1. The van der Waals surface area contributed by atoms with Crippen LogP contribution in [0.15, 0.2) is 65.6 Å². The summed E-state index contributed by atoms with van der Waals surface area (Å²) >= 11 is 0.666. The van der Waals surface area contributed by atoms with Crippen molar-refractivity contribution in [2.24, 2.45) is 0 Å². The zero-order valence-corrected chi connectivity index (χ0v) is 20.7. The number of ether oxygens (including phenoxy) is 2. The monoisotopic (exact) mass is 552 g/mol. The van der Waals surface area contributed by atoms with Gasteiger partial charge in [0, 0.05) is 17.7 Å². The number of hydrogen-bond donors (Lipinski definition) is 0. The van der Waals surface area contributed by atoms with Crippen LogP contribution in [-0.2, 0) is 11.3 Å². The topological polar surface area (TPSA) is 185 Å². The number of benzene rings is 3. The highest BCUT2D eigenvalue weighted by Gasteiger charge is 2.36. The number of para-hydroxylation sites is 1. The van der Waals surface area contributed by atoms with E-state index in [0.717, 1.165) is 23.1 Å². The van der Waals surface area contributed by atoms with Gasteiger partial charge in [0.1, 0.15) is 0 Å². The maximum atomic E-state index is 12.9. The predicted molar refractivity (Wildman–Crippen MR) is 137 cm³/mol. The maximum absolute atomic E-state index is 12.9. The Balaban J connectivity index is 1.58. The molecule has 0 radical (unpaired) electrons. The molecule has 0 bridgehead atoms. The fourth-order valence-corrected chi connectivity index (χ4v) is 4.44. The number of amides is 2. The summed E-state index contributed by atoms with van der Waals surface area (Å²) in [6.07, 6.45) is 1.42. The van der Waals surface area contributed by atoms with Crippen molar-refractivity contribution < 1.29 is 33.8 Å². The first-order chi connectivity index (χ1) is 18.6. The number of nitrogens with zero attached hydrogens (tertiary/aromatic N) is 4. The zero-order valence-electron chi connectivity index (χ0n) is 19.8. The van der Waals surface area contributed by atoms with Gasteiger partial charge in [0.2, 0.25) is 5.75 Å². The minimum absolute atomic E-state index is 0.0519. The first kappa shape index (κ1) is 26.7. The number of imide groups is 1. The third kappa shape index (κ3) is 5.67. The second-order valence-electron chi connectivity index (χ2n) is 7.83. The van der Waals surface area contributed by atoms with Crippen LogP contribution >= 0.6 is 11.8 Å². The average molecular weight is 552 g/mol. The molecule has 0 saturated carbocycles. The van der Waals surface area contributed by atoms with Crippen LogP contribution in [-0.4, -0.2) is 37.9 Å². The van der Waals surface area contributed by atoms with Crippen molar-refractivity contribution in [1.82, 2.24) is 4.90 Å². The lowest BCUT2D eigenvalue weighted by Crippen LogP contribution is -2.27. The van der Waals surface area contributed by atoms with Gasteiger partial charge in [0.15, 0.2) is 11.5 Å². The summed E-state index contributed by atoms with van der Waals surface area (Å²) in [7, 11) is 1.32. The summed E-state index contributed by atoms with van der Waals surface area (Å²) in [4.78, 5) is 57.9. The summed E-state index contributed by atoms with van der Waals surface area (Å²) < 4.78 is 10.9. The van der Waals surface area contributed by atoms with Gasteiger partial charge in [-0.25, -0.2) is 0 Å². The van der Waals surface area contributed by atoms with Gasteiger partial charge in [-0.15, -0.1) is 0 Å². The number of carbonyl (C=O) groups is 2. The lowest BCUT2D eigenvalue weighted by atomic mass is 10.1. The molecule has 2 amide bonds. The molecule has 1 heterocycles. The van der Waals surface area contributed by atoms with Gasteiger partial charge in [-0.05, 0) is 41.6 Å². The van der Waals surface area contributed by atoms with Crippen molar-refractivity contribution in [3.8, 4) is 17.2 Å². The van der Waals surface area contributed by atoms with Gasteiger partial charge >= 0.3 is 5.69 Å². The lowest BCUT2D eigenvalue weighted by Gasteiger charge is -2.12. The Hall–Kier alpha value is -5.31. The number of carbonyl (C=O) groups excluding carboxylic acids is 2. The molecule has 0 atom stereocenters. The first-order valence-electron chi connectivity index (χ1n) is 10.9. The highest BCUT2D eigenvalue weighted by Crippen LogP contribution is 2.40. The van der Waals surface area contributed by atoms with E-state index in [4.69, 9.17) is 9.47 Å². The number of methoxy groups -OCH3 is 1. The Morgan fingerprint density at radius 1 is 0.846 bits per heavy atom. The first-order valence-corrected chi connectivity index (χ1v) is 11.7. The molecule has 0 aromatic heterocycles. The number of rotatable bonds is 9. The van der Waals surface area contributed by atoms with Gasteiger partial charge in [-0.3, -0.25) is 44.8 Å². The summed E-state index contributed by atoms with van der Waals surface area (Å²) in [5.41, 5.74) is -0.688. The van der Waals surface area contributed by atoms with Crippen molar-refractivity contribution >= 4 is 46.0 Å². The molecule has 4 rings (SSSR count). The molecule has 1 fully saturated rings. The molecule has 0 aliphatic carbocycles. The molecule has 0 N–H and O–H groups in total. The molecule has 39 heavy (non-hydrogen) atoms. The largest absolute Gasteiger partial charge is 0.493 e. The maximum Gasteiger partial charge on any atom is 0.318 e.